The van der Waals surface area contributed by atoms with Crippen molar-refractivity contribution < 1.29 is 56.0 Å². The lowest BCUT2D eigenvalue weighted by molar-refractivity contribution is -0.204. The van der Waals surface area contributed by atoms with E-state index in [1.807, 2.05) is 0 Å². The molecule has 10 nitrogen and oxygen atoms in total. The number of alkyl halides is 3. The number of ether oxygens (including phenoxy) is 6. The van der Waals surface area contributed by atoms with Gasteiger partial charge in [-0.15, -0.1) is 0 Å². The molecule has 2 saturated heterocycles. The third-order valence-electron chi connectivity index (χ3n) is 6.37. The van der Waals surface area contributed by atoms with E-state index in [1.165, 1.54) is 24.3 Å². The number of carbonyl (C=O) groups excluding carboxylic acids is 3. The van der Waals surface area contributed by atoms with Gasteiger partial charge in [0.25, 0.3) is 0 Å². The summed E-state index contributed by atoms with van der Waals surface area (Å²) >= 11 is 0. The minimum Gasteiger partial charge on any atom is -0.457 e. The van der Waals surface area contributed by atoms with Crippen molar-refractivity contribution in [1.29, 1.82) is 0 Å². The Morgan fingerprint density at radius 3 is 1.43 bits per heavy atom. The number of halogens is 3. The van der Waals surface area contributed by atoms with Crippen LogP contribution in [0, 0.1) is 0 Å². The lowest BCUT2D eigenvalue weighted by Crippen LogP contribution is -2.65. The Kier molecular flexibility index (Phi) is 6.97. The van der Waals surface area contributed by atoms with Crippen molar-refractivity contribution in [1.82, 2.24) is 4.90 Å². The lowest BCUT2D eigenvalue weighted by atomic mass is 9.87. The summed E-state index contributed by atoms with van der Waals surface area (Å²) in [6.07, 6.45) is -5.95. The van der Waals surface area contributed by atoms with Gasteiger partial charge in [0.05, 0.1) is 12.1 Å². The van der Waals surface area contributed by atoms with Gasteiger partial charge in [-0.2, -0.15) is 13.2 Å². The SMILES string of the molecule is CC(=O)O[C@H]1[C@@H]2OC(C)(C)O[C@@H]2C=C[C@@H]1N(C(=O)C(F)(F)F)[C@H]1C=C[C@H]2OC(C)(C)O[C@H]2[C@@H]1OC(C)=O. The molecule has 8 atom stereocenters. The Morgan fingerprint density at radius 1 is 0.730 bits per heavy atom. The zero-order valence-corrected chi connectivity index (χ0v) is 21.2. The second kappa shape index (κ2) is 9.37. The Bertz CT molecular complexity index is 942. The van der Waals surface area contributed by atoms with E-state index < -0.39 is 84.3 Å². The van der Waals surface area contributed by atoms with Gasteiger partial charge in [-0.25, -0.2) is 0 Å². The van der Waals surface area contributed by atoms with Gasteiger partial charge < -0.3 is 33.3 Å². The van der Waals surface area contributed by atoms with E-state index in [1.54, 1.807) is 27.7 Å². The normalized spacial score (nSPS) is 37.4. The second-order valence-electron chi connectivity index (χ2n) is 10.2. The molecule has 0 aromatic heterocycles. The highest BCUT2D eigenvalue weighted by molar-refractivity contribution is 5.83. The maximum Gasteiger partial charge on any atom is 0.471 e. The zero-order chi connectivity index (χ0) is 27.5. The van der Waals surface area contributed by atoms with E-state index in [0.717, 1.165) is 13.8 Å². The van der Waals surface area contributed by atoms with Crippen LogP contribution in [0.3, 0.4) is 0 Å². The van der Waals surface area contributed by atoms with E-state index in [4.69, 9.17) is 28.4 Å². The molecule has 0 unspecified atom stereocenters. The number of carbonyl (C=O) groups is 3. The fourth-order valence-electron chi connectivity index (χ4n) is 5.27. The molecule has 2 fully saturated rings. The summed E-state index contributed by atoms with van der Waals surface area (Å²) in [6, 6.07) is -2.90. The molecule has 2 aliphatic heterocycles. The van der Waals surface area contributed by atoms with Crippen LogP contribution >= 0.6 is 0 Å². The van der Waals surface area contributed by atoms with Gasteiger partial charge in [0.15, 0.2) is 23.8 Å². The predicted molar refractivity (Wildman–Crippen MR) is 118 cm³/mol. The van der Waals surface area contributed by atoms with Gasteiger partial charge >= 0.3 is 24.0 Å². The van der Waals surface area contributed by atoms with Crippen LogP contribution in [0.15, 0.2) is 24.3 Å². The van der Waals surface area contributed by atoms with Crippen LogP contribution in [0.4, 0.5) is 13.2 Å². The first-order chi connectivity index (χ1) is 17.0. The largest absolute Gasteiger partial charge is 0.471 e. The monoisotopic (exact) mass is 533 g/mol. The minimum absolute atomic E-state index is 0.504. The molecular weight excluding hydrogens is 503 g/mol. The molecule has 206 valence electrons. The van der Waals surface area contributed by atoms with E-state index in [9.17, 15) is 27.6 Å². The van der Waals surface area contributed by atoms with Crippen molar-refractivity contribution in [2.24, 2.45) is 0 Å². The summed E-state index contributed by atoms with van der Waals surface area (Å²) in [7, 11) is 0. The van der Waals surface area contributed by atoms with Crippen molar-refractivity contribution in [3.8, 4) is 0 Å². The fraction of sp³-hybridized carbons (Fsp3) is 0.708. The third-order valence-corrected chi connectivity index (χ3v) is 6.37. The van der Waals surface area contributed by atoms with Crippen LogP contribution in [0.25, 0.3) is 0 Å². The molecule has 0 bridgehead atoms. The first kappa shape index (κ1) is 27.6. The summed E-state index contributed by atoms with van der Waals surface area (Å²) < 4.78 is 76.2. The lowest BCUT2D eigenvalue weighted by Gasteiger charge is -2.46. The van der Waals surface area contributed by atoms with Gasteiger partial charge in [0.2, 0.25) is 0 Å². The van der Waals surface area contributed by atoms with Crippen molar-refractivity contribution in [2.45, 2.75) is 108 Å². The van der Waals surface area contributed by atoms with Crippen LogP contribution in [0.1, 0.15) is 41.5 Å². The Balaban J connectivity index is 1.80. The van der Waals surface area contributed by atoms with Crippen LogP contribution in [-0.4, -0.2) is 89.2 Å². The standard InChI is InChI=1S/C24H30F3NO9/c1-11(29)32-17-13(7-9-15-19(17)36-22(3,4)34-15)28(21(31)24(25,26)27)14-8-10-16-20(18(14)33-12(2)30)37-23(5,6)35-16/h7-10,13-20H,1-6H3/t13-,14-,15+,16+,17+,18+,19+,20+/m0/s1. The number of hydrogen-bond donors (Lipinski definition) is 0. The second-order valence-corrected chi connectivity index (χ2v) is 10.2. The molecule has 1 amide bonds. The first-order valence-electron chi connectivity index (χ1n) is 11.8. The predicted octanol–water partition coefficient (Wildman–Crippen LogP) is 2.16. The third kappa shape index (κ3) is 5.54. The Labute approximate surface area is 211 Å². The van der Waals surface area contributed by atoms with Crippen molar-refractivity contribution >= 4 is 17.8 Å². The number of amides is 1. The minimum atomic E-state index is -5.31. The topological polar surface area (TPSA) is 110 Å². The molecule has 0 radical (unpaired) electrons. The quantitative estimate of drug-likeness (QED) is 0.397. The smallest absolute Gasteiger partial charge is 0.457 e. The van der Waals surface area contributed by atoms with Gasteiger partial charge in [-0.05, 0) is 27.7 Å². The number of hydrogen-bond acceptors (Lipinski definition) is 9. The van der Waals surface area contributed by atoms with Gasteiger partial charge in [-0.3, -0.25) is 14.4 Å². The van der Waals surface area contributed by atoms with Crippen LogP contribution in [0.2, 0.25) is 0 Å². The van der Waals surface area contributed by atoms with Crippen molar-refractivity contribution in [2.75, 3.05) is 0 Å². The highest BCUT2D eigenvalue weighted by Gasteiger charge is 2.59. The maximum atomic E-state index is 14.0. The van der Waals surface area contributed by atoms with Crippen LogP contribution < -0.4 is 0 Å². The van der Waals surface area contributed by atoms with Crippen molar-refractivity contribution in [3.05, 3.63) is 24.3 Å². The van der Waals surface area contributed by atoms with E-state index in [-0.39, 0.29) is 0 Å². The molecule has 13 heteroatoms. The molecular formula is C24H30F3NO9. The molecule has 4 rings (SSSR count). The number of nitrogens with zero attached hydrogens (tertiary/aromatic N) is 1. The molecule has 0 N–H and O–H groups in total. The summed E-state index contributed by atoms with van der Waals surface area (Å²) in [5, 5.41) is 0. The molecule has 0 aromatic rings. The average Bonchev–Trinajstić information content (AvgIpc) is 3.23. The zero-order valence-electron chi connectivity index (χ0n) is 21.2. The van der Waals surface area contributed by atoms with E-state index in [0.29, 0.717) is 4.90 Å². The number of rotatable bonds is 4. The Morgan fingerprint density at radius 2 is 1.11 bits per heavy atom. The summed E-state index contributed by atoms with van der Waals surface area (Å²) in [4.78, 5) is 37.5. The maximum absolute atomic E-state index is 14.0. The summed E-state index contributed by atoms with van der Waals surface area (Å²) in [5.41, 5.74) is 0. The highest BCUT2D eigenvalue weighted by Crippen LogP contribution is 2.41. The fourth-order valence-corrected chi connectivity index (χ4v) is 5.27. The molecule has 0 saturated carbocycles. The first-order valence-corrected chi connectivity index (χ1v) is 11.8. The summed E-state index contributed by atoms with van der Waals surface area (Å²) in [6.45, 7) is 8.63. The molecule has 2 heterocycles. The number of esters is 2. The Hall–Kier alpha value is -2.48. The average molecular weight is 533 g/mol. The molecule has 4 aliphatic rings. The van der Waals surface area contributed by atoms with Crippen molar-refractivity contribution in [3.63, 3.8) is 0 Å². The summed E-state index contributed by atoms with van der Waals surface area (Å²) in [5.74, 6) is -6.04. The van der Waals surface area contributed by atoms with Gasteiger partial charge in [0.1, 0.15) is 24.4 Å². The van der Waals surface area contributed by atoms with E-state index in [2.05, 4.69) is 0 Å². The van der Waals surface area contributed by atoms with Gasteiger partial charge in [0, 0.05) is 13.8 Å². The number of fused-ring (bicyclic) bond motifs is 2. The highest BCUT2D eigenvalue weighted by atomic mass is 19.4. The van der Waals surface area contributed by atoms with Crippen LogP contribution in [0.5, 0.6) is 0 Å². The molecule has 0 spiro atoms. The van der Waals surface area contributed by atoms with Crippen LogP contribution in [-0.2, 0) is 42.8 Å². The van der Waals surface area contributed by atoms with Gasteiger partial charge in [-0.1, -0.05) is 24.3 Å². The molecule has 0 aromatic carbocycles. The molecule has 2 aliphatic carbocycles. The van der Waals surface area contributed by atoms with E-state index >= 15 is 0 Å². The molecule has 37 heavy (non-hydrogen) atoms.